The van der Waals surface area contributed by atoms with Crippen LogP contribution in [0.3, 0.4) is 0 Å². The van der Waals surface area contributed by atoms with Gasteiger partial charge in [0.05, 0.1) is 18.8 Å². The van der Waals surface area contributed by atoms with Crippen LogP contribution in [0.1, 0.15) is 34.6 Å². The van der Waals surface area contributed by atoms with Crippen molar-refractivity contribution in [2.45, 2.75) is 13.0 Å². The van der Waals surface area contributed by atoms with E-state index in [-0.39, 0.29) is 12.0 Å². The Morgan fingerprint density at radius 1 is 1.38 bits per heavy atom. The third-order valence-electron chi connectivity index (χ3n) is 4.06. The van der Waals surface area contributed by atoms with E-state index in [1.165, 1.54) is 0 Å². The standard InChI is InChI=1S/C18H22N4O2/c1-5-24-18(23)16-15(13-8-6-7-9-14(13)20-16)17(21(2)3)12-10-19-22(4)11-12/h6-11,17,20H,5H2,1-4H3. The van der Waals surface area contributed by atoms with Gasteiger partial charge < -0.3 is 9.72 Å². The summed E-state index contributed by atoms with van der Waals surface area (Å²) in [5.41, 5.74) is 3.37. The lowest BCUT2D eigenvalue weighted by Gasteiger charge is -2.24. The summed E-state index contributed by atoms with van der Waals surface area (Å²) in [5, 5.41) is 5.30. The van der Waals surface area contributed by atoms with E-state index >= 15 is 0 Å². The van der Waals surface area contributed by atoms with Gasteiger partial charge in [0.2, 0.25) is 0 Å². The second-order valence-electron chi connectivity index (χ2n) is 5.99. The van der Waals surface area contributed by atoms with E-state index in [4.69, 9.17) is 4.74 Å². The lowest BCUT2D eigenvalue weighted by Crippen LogP contribution is -2.23. The molecule has 0 saturated carbocycles. The Balaban J connectivity index is 2.24. The van der Waals surface area contributed by atoms with Crippen molar-refractivity contribution in [3.05, 3.63) is 53.5 Å². The van der Waals surface area contributed by atoms with E-state index < -0.39 is 0 Å². The molecule has 0 aliphatic heterocycles. The second-order valence-corrected chi connectivity index (χ2v) is 5.99. The van der Waals surface area contributed by atoms with Crippen LogP contribution in [0.15, 0.2) is 36.7 Å². The smallest absolute Gasteiger partial charge is 0.355 e. The van der Waals surface area contributed by atoms with E-state index in [1.807, 2.05) is 64.7 Å². The highest BCUT2D eigenvalue weighted by Gasteiger charge is 2.28. The molecule has 0 amide bonds. The third-order valence-corrected chi connectivity index (χ3v) is 4.06. The minimum Gasteiger partial charge on any atom is -0.461 e. The first-order valence-electron chi connectivity index (χ1n) is 7.95. The van der Waals surface area contributed by atoms with Gasteiger partial charge in [0.25, 0.3) is 0 Å². The summed E-state index contributed by atoms with van der Waals surface area (Å²) in [6.45, 7) is 2.15. The Labute approximate surface area is 141 Å². The zero-order valence-corrected chi connectivity index (χ0v) is 14.4. The van der Waals surface area contributed by atoms with E-state index in [9.17, 15) is 4.79 Å². The number of rotatable bonds is 5. The first-order valence-corrected chi connectivity index (χ1v) is 7.95. The number of hydrogen-bond donors (Lipinski definition) is 1. The number of carbonyl (C=O) groups excluding carboxylic acids is 1. The molecule has 0 radical (unpaired) electrons. The highest BCUT2D eigenvalue weighted by molar-refractivity contribution is 5.99. The molecule has 2 heterocycles. The van der Waals surface area contributed by atoms with Crippen LogP contribution in [0.4, 0.5) is 0 Å². The molecule has 24 heavy (non-hydrogen) atoms. The molecule has 1 aromatic carbocycles. The number of aryl methyl sites for hydroxylation is 1. The van der Waals surface area contributed by atoms with Gasteiger partial charge in [0, 0.05) is 35.3 Å². The molecule has 0 bridgehead atoms. The van der Waals surface area contributed by atoms with Crippen molar-refractivity contribution in [3.8, 4) is 0 Å². The monoisotopic (exact) mass is 326 g/mol. The number of H-pyrrole nitrogens is 1. The number of esters is 1. The van der Waals surface area contributed by atoms with Crippen LogP contribution in [0.5, 0.6) is 0 Å². The quantitative estimate of drug-likeness (QED) is 0.732. The Hall–Kier alpha value is -2.60. The van der Waals surface area contributed by atoms with Crippen LogP contribution in [0, 0.1) is 0 Å². The van der Waals surface area contributed by atoms with Crippen molar-refractivity contribution in [3.63, 3.8) is 0 Å². The molecule has 6 nitrogen and oxygen atoms in total. The number of fused-ring (bicyclic) bond motifs is 1. The summed E-state index contributed by atoms with van der Waals surface area (Å²) < 4.78 is 7.03. The molecule has 1 atom stereocenters. The molecule has 1 N–H and O–H groups in total. The Bertz CT molecular complexity index is 863. The Morgan fingerprint density at radius 3 is 2.75 bits per heavy atom. The molecule has 2 aromatic heterocycles. The summed E-state index contributed by atoms with van der Waals surface area (Å²) >= 11 is 0. The van der Waals surface area contributed by atoms with E-state index in [0.717, 1.165) is 22.0 Å². The van der Waals surface area contributed by atoms with Crippen LogP contribution in [0.25, 0.3) is 10.9 Å². The highest BCUT2D eigenvalue weighted by atomic mass is 16.5. The van der Waals surface area contributed by atoms with Crippen LogP contribution in [-0.2, 0) is 11.8 Å². The molecule has 6 heteroatoms. The maximum atomic E-state index is 12.5. The van der Waals surface area contributed by atoms with Gasteiger partial charge in [-0.15, -0.1) is 0 Å². The summed E-state index contributed by atoms with van der Waals surface area (Å²) in [5.74, 6) is -0.334. The van der Waals surface area contributed by atoms with Gasteiger partial charge in [-0.1, -0.05) is 18.2 Å². The van der Waals surface area contributed by atoms with Crippen molar-refractivity contribution < 1.29 is 9.53 Å². The minimum atomic E-state index is -0.334. The van der Waals surface area contributed by atoms with E-state index in [1.54, 1.807) is 4.68 Å². The molecule has 0 aliphatic rings. The molecule has 0 saturated heterocycles. The van der Waals surface area contributed by atoms with Crippen molar-refractivity contribution in [1.82, 2.24) is 19.7 Å². The van der Waals surface area contributed by atoms with Crippen molar-refractivity contribution in [2.75, 3.05) is 20.7 Å². The number of hydrogen-bond acceptors (Lipinski definition) is 4. The second kappa shape index (κ2) is 6.49. The van der Waals surface area contributed by atoms with Gasteiger partial charge >= 0.3 is 5.97 Å². The molecule has 1 unspecified atom stereocenters. The number of carbonyl (C=O) groups is 1. The minimum absolute atomic E-state index is 0.103. The number of nitrogens with zero attached hydrogens (tertiary/aromatic N) is 3. The first kappa shape index (κ1) is 16.3. The normalized spacial score (nSPS) is 12.7. The topological polar surface area (TPSA) is 63.2 Å². The van der Waals surface area contributed by atoms with E-state index in [0.29, 0.717) is 12.3 Å². The van der Waals surface area contributed by atoms with Gasteiger partial charge in [-0.25, -0.2) is 4.79 Å². The Morgan fingerprint density at radius 2 is 2.12 bits per heavy atom. The fraction of sp³-hybridized carbons (Fsp3) is 0.333. The van der Waals surface area contributed by atoms with Gasteiger partial charge in [-0.2, -0.15) is 5.10 Å². The lowest BCUT2D eigenvalue weighted by atomic mass is 9.97. The Kier molecular flexibility index (Phi) is 4.40. The number of aromatic nitrogens is 3. The lowest BCUT2D eigenvalue weighted by molar-refractivity contribution is 0.0518. The molecule has 0 spiro atoms. The highest BCUT2D eigenvalue weighted by Crippen LogP contribution is 2.35. The molecule has 3 rings (SSSR count). The van der Waals surface area contributed by atoms with E-state index in [2.05, 4.69) is 15.0 Å². The predicted molar refractivity (Wildman–Crippen MR) is 93.0 cm³/mol. The van der Waals surface area contributed by atoms with Gasteiger partial charge in [-0.05, 0) is 27.1 Å². The number of aromatic amines is 1. The van der Waals surface area contributed by atoms with Crippen LogP contribution in [0.2, 0.25) is 0 Å². The molecule has 3 aromatic rings. The first-order chi connectivity index (χ1) is 11.5. The van der Waals surface area contributed by atoms with Gasteiger partial charge in [-0.3, -0.25) is 9.58 Å². The predicted octanol–water partition coefficient (Wildman–Crippen LogP) is 2.73. The SMILES string of the molecule is CCOC(=O)c1[nH]c2ccccc2c1C(c1cnn(C)c1)N(C)C. The summed E-state index contributed by atoms with van der Waals surface area (Å²) in [4.78, 5) is 17.8. The van der Waals surface area contributed by atoms with Crippen molar-refractivity contribution in [1.29, 1.82) is 0 Å². The number of para-hydroxylation sites is 1. The molecular formula is C18H22N4O2. The van der Waals surface area contributed by atoms with Crippen molar-refractivity contribution >= 4 is 16.9 Å². The van der Waals surface area contributed by atoms with Gasteiger partial charge in [0.15, 0.2) is 0 Å². The maximum Gasteiger partial charge on any atom is 0.355 e. The van der Waals surface area contributed by atoms with Crippen molar-refractivity contribution in [2.24, 2.45) is 7.05 Å². The molecule has 0 aliphatic carbocycles. The van der Waals surface area contributed by atoms with Gasteiger partial charge in [0.1, 0.15) is 5.69 Å². The summed E-state index contributed by atoms with van der Waals surface area (Å²) in [7, 11) is 5.88. The summed E-state index contributed by atoms with van der Waals surface area (Å²) in [6.07, 6.45) is 3.81. The molecule has 126 valence electrons. The average Bonchev–Trinajstić information content (AvgIpc) is 3.13. The fourth-order valence-corrected chi connectivity index (χ4v) is 3.12. The zero-order valence-electron chi connectivity index (χ0n) is 14.4. The number of nitrogens with one attached hydrogen (secondary N) is 1. The fourth-order valence-electron chi connectivity index (χ4n) is 3.12. The van der Waals surface area contributed by atoms with Crippen LogP contribution >= 0.6 is 0 Å². The molecular weight excluding hydrogens is 304 g/mol. The van der Waals surface area contributed by atoms with Crippen LogP contribution < -0.4 is 0 Å². The maximum absolute atomic E-state index is 12.5. The summed E-state index contributed by atoms with van der Waals surface area (Å²) in [6, 6.07) is 7.82. The number of ether oxygens (including phenoxy) is 1. The third kappa shape index (κ3) is 2.80. The van der Waals surface area contributed by atoms with Crippen LogP contribution in [-0.4, -0.2) is 46.3 Å². The molecule has 0 fully saturated rings. The average molecular weight is 326 g/mol. The number of benzene rings is 1. The zero-order chi connectivity index (χ0) is 17.3. The largest absolute Gasteiger partial charge is 0.461 e.